The summed E-state index contributed by atoms with van der Waals surface area (Å²) in [5.41, 5.74) is 21.7. The first-order valence-electron chi connectivity index (χ1n) is 23.9. The SMILES string of the molecule is CC(C)(C)c1ccc2c(c1)C1(C)CCCCC1(C)N2c1cc2c3c(c1)N(c1ccccc1)c1cccc4c1B3c1c(cccc1C4(c1ccccc1)c1ccccc1)N2c1ccccc1. The summed E-state index contributed by atoms with van der Waals surface area (Å²) in [6.07, 6.45) is 4.81. The number of para-hydroxylation sites is 2. The highest BCUT2D eigenvalue weighted by Crippen LogP contribution is 2.62. The Balaban J connectivity index is 1.17. The van der Waals surface area contributed by atoms with Crippen molar-refractivity contribution in [2.45, 2.75) is 82.1 Å². The molecule has 2 atom stereocenters. The monoisotopic (exact) mass is 839 g/mol. The van der Waals surface area contributed by atoms with Crippen molar-refractivity contribution in [2.75, 3.05) is 14.7 Å². The number of rotatable bonds is 5. The Hall–Kier alpha value is -6.78. The molecule has 1 aliphatic carbocycles. The van der Waals surface area contributed by atoms with Gasteiger partial charge < -0.3 is 14.7 Å². The van der Waals surface area contributed by atoms with E-state index in [1.165, 1.54) is 115 Å². The average molecular weight is 840 g/mol. The fraction of sp³-hybridized carbons (Fsp3) is 0.213. The van der Waals surface area contributed by atoms with Crippen molar-refractivity contribution in [3.8, 4) is 0 Å². The van der Waals surface area contributed by atoms with Gasteiger partial charge in [0.05, 0.1) is 11.0 Å². The second-order valence-corrected chi connectivity index (χ2v) is 20.8. The Morgan fingerprint density at radius 3 is 1.43 bits per heavy atom. The van der Waals surface area contributed by atoms with Crippen LogP contribution in [0.5, 0.6) is 0 Å². The predicted molar refractivity (Wildman–Crippen MR) is 274 cm³/mol. The summed E-state index contributed by atoms with van der Waals surface area (Å²) in [5.74, 6) is 0. The number of nitrogens with zero attached hydrogens (tertiary/aromatic N) is 3. The van der Waals surface area contributed by atoms with E-state index in [4.69, 9.17) is 0 Å². The summed E-state index contributed by atoms with van der Waals surface area (Å²) in [7, 11) is 0. The summed E-state index contributed by atoms with van der Waals surface area (Å²) in [4.78, 5) is 8.02. The van der Waals surface area contributed by atoms with Crippen LogP contribution in [-0.4, -0.2) is 12.3 Å². The summed E-state index contributed by atoms with van der Waals surface area (Å²) in [6.45, 7) is 12.2. The highest BCUT2D eigenvalue weighted by molar-refractivity contribution is 7.01. The Morgan fingerprint density at radius 1 is 0.431 bits per heavy atom. The van der Waals surface area contributed by atoms with Crippen molar-refractivity contribution in [1.29, 1.82) is 0 Å². The maximum atomic E-state index is 2.80. The van der Waals surface area contributed by atoms with E-state index in [1.807, 2.05) is 0 Å². The minimum atomic E-state index is -0.569. The van der Waals surface area contributed by atoms with Crippen LogP contribution in [0.3, 0.4) is 0 Å². The van der Waals surface area contributed by atoms with Crippen LogP contribution in [-0.2, 0) is 16.2 Å². The van der Waals surface area contributed by atoms with Crippen LogP contribution in [0.1, 0.15) is 93.7 Å². The molecule has 13 rings (SSSR count). The lowest BCUT2D eigenvalue weighted by atomic mass is 9.28. The highest BCUT2D eigenvalue weighted by Gasteiger charge is 2.59. The molecular weight excluding hydrogens is 786 g/mol. The van der Waals surface area contributed by atoms with Gasteiger partial charge in [-0.15, -0.1) is 0 Å². The van der Waals surface area contributed by atoms with Crippen LogP contribution in [0.4, 0.5) is 45.5 Å². The molecule has 0 radical (unpaired) electrons. The Bertz CT molecular complexity index is 3030. The van der Waals surface area contributed by atoms with E-state index in [2.05, 4.69) is 237 Å². The standard InChI is InChI=1S/C61H54BN3/c1-58(2,3)43-34-35-50-49(38-43)59(4)36-18-19-37-60(59,5)65(50)46-39-53-57-54(40-46)64(45-28-16-9-17-29-45)52-33-21-31-48-56(52)62(57)55-47(30-20-32-51(55)63(53)44-26-14-8-15-27-44)61(48,41-22-10-6-11-23-41)42-24-12-7-13-25-42/h6-17,20-35,38-40H,18-19,36-37H2,1-5H3. The van der Waals surface area contributed by atoms with Crippen molar-refractivity contribution >= 4 is 68.6 Å². The van der Waals surface area contributed by atoms with Gasteiger partial charge in [0.2, 0.25) is 0 Å². The molecule has 4 aliphatic heterocycles. The van der Waals surface area contributed by atoms with Crippen molar-refractivity contribution in [1.82, 2.24) is 0 Å². The zero-order valence-electron chi connectivity index (χ0n) is 38.1. The molecule has 0 N–H and O–H groups in total. The quantitative estimate of drug-likeness (QED) is 0.160. The van der Waals surface area contributed by atoms with Gasteiger partial charge >= 0.3 is 0 Å². The normalized spacial score (nSPS) is 20.6. The van der Waals surface area contributed by atoms with Crippen molar-refractivity contribution < 1.29 is 0 Å². The molecule has 8 aromatic rings. The maximum Gasteiger partial charge on any atom is 0.253 e. The van der Waals surface area contributed by atoms with E-state index >= 15 is 0 Å². The Labute approximate surface area is 385 Å². The molecule has 0 spiro atoms. The third-order valence-electron chi connectivity index (χ3n) is 16.6. The Kier molecular flexibility index (Phi) is 8.10. The third kappa shape index (κ3) is 5.03. The summed E-state index contributed by atoms with van der Waals surface area (Å²) in [6, 6.07) is 71.9. The molecule has 2 unspecified atom stereocenters. The number of hydrogen-bond acceptors (Lipinski definition) is 3. The molecule has 5 aliphatic rings. The van der Waals surface area contributed by atoms with Crippen LogP contribution in [0.2, 0.25) is 0 Å². The zero-order chi connectivity index (χ0) is 43.9. The van der Waals surface area contributed by atoms with Crippen LogP contribution in [0.25, 0.3) is 0 Å². The number of fused-ring (bicyclic) bond motifs is 3. The van der Waals surface area contributed by atoms with Gasteiger partial charge in [0.25, 0.3) is 6.71 Å². The van der Waals surface area contributed by atoms with E-state index in [1.54, 1.807) is 0 Å². The topological polar surface area (TPSA) is 9.72 Å². The molecule has 1 fully saturated rings. The van der Waals surface area contributed by atoms with Gasteiger partial charge in [-0.2, -0.15) is 0 Å². The van der Waals surface area contributed by atoms with Crippen molar-refractivity contribution in [3.63, 3.8) is 0 Å². The average Bonchev–Trinajstić information content (AvgIpc) is 3.55. The molecule has 0 aromatic heterocycles. The molecule has 1 saturated carbocycles. The minimum Gasteiger partial charge on any atom is -0.334 e. The van der Waals surface area contributed by atoms with Gasteiger partial charge in [0.1, 0.15) is 0 Å². The second-order valence-electron chi connectivity index (χ2n) is 20.8. The first kappa shape index (κ1) is 38.7. The molecule has 316 valence electrons. The number of hydrogen-bond donors (Lipinski definition) is 0. The van der Waals surface area contributed by atoms with Gasteiger partial charge in [0, 0.05) is 50.9 Å². The lowest BCUT2D eigenvalue weighted by Gasteiger charge is -2.53. The molecule has 4 heterocycles. The Morgan fingerprint density at radius 2 is 0.923 bits per heavy atom. The van der Waals surface area contributed by atoms with Crippen molar-refractivity contribution in [2.24, 2.45) is 0 Å². The number of benzene rings is 8. The summed E-state index contributed by atoms with van der Waals surface area (Å²) >= 11 is 0. The van der Waals surface area contributed by atoms with Crippen molar-refractivity contribution in [3.05, 3.63) is 221 Å². The van der Waals surface area contributed by atoms with Crippen LogP contribution in [0, 0.1) is 0 Å². The van der Waals surface area contributed by atoms with E-state index < -0.39 is 5.41 Å². The first-order chi connectivity index (χ1) is 31.6. The van der Waals surface area contributed by atoms with E-state index in [0.717, 1.165) is 6.42 Å². The van der Waals surface area contributed by atoms with E-state index in [9.17, 15) is 0 Å². The summed E-state index contributed by atoms with van der Waals surface area (Å²) < 4.78 is 0. The largest absolute Gasteiger partial charge is 0.334 e. The molecule has 3 nitrogen and oxygen atoms in total. The van der Waals surface area contributed by atoms with Gasteiger partial charge in [-0.05, 0) is 130 Å². The maximum absolute atomic E-state index is 2.80. The molecule has 0 bridgehead atoms. The molecule has 0 amide bonds. The van der Waals surface area contributed by atoms with Gasteiger partial charge in [-0.3, -0.25) is 0 Å². The first-order valence-corrected chi connectivity index (χ1v) is 23.9. The molecular formula is C61H54BN3. The fourth-order valence-corrected chi connectivity index (χ4v) is 13.5. The number of anilines is 8. The predicted octanol–water partition coefficient (Wildman–Crippen LogP) is 13.5. The molecule has 0 saturated heterocycles. The smallest absolute Gasteiger partial charge is 0.253 e. The fourth-order valence-electron chi connectivity index (χ4n) is 13.5. The summed E-state index contributed by atoms with van der Waals surface area (Å²) in [5, 5.41) is 0. The van der Waals surface area contributed by atoms with Gasteiger partial charge in [-0.1, -0.05) is 174 Å². The lowest BCUT2D eigenvalue weighted by molar-refractivity contribution is 0.195. The lowest BCUT2D eigenvalue weighted by Crippen LogP contribution is -2.68. The molecule has 8 aromatic carbocycles. The minimum absolute atomic E-state index is 0.00219. The molecule has 65 heavy (non-hydrogen) atoms. The highest BCUT2D eigenvalue weighted by atomic mass is 15.3. The molecule has 4 heteroatoms. The van der Waals surface area contributed by atoms with Crippen LogP contribution < -0.4 is 31.1 Å². The van der Waals surface area contributed by atoms with E-state index in [-0.39, 0.29) is 23.1 Å². The zero-order valence-corrected chi connectivity index (χ0v) is 38.1. The van der Waals surface area contributed by atoms with Crippen LogP contribution >= 0.6 is 0 Å². The van der Waals surface area contributed by atoms with Gasteiger partial charge in [0.15, 0.2) is 0 Å². The second kappa shape index (κ2) is 13.6. The van der Waals surface area contributed by atoms with Gasteiger partial charge in [-0.25, -0.2) is 0 Å². The third-order valence-corrected chi connectivity index (χ3v) is 16.6. The van der Waals surface area contributed by atoms with E-state index in [0.29, 0.717) is 0 Å². The van der Waals surface area contributed by atoms with Crippen LogP contribution in [0.15, 0.2) is 188 Å².